The van der Waals surface area contributed by atoms with Gasteiger partial charge in [0, 0.05) is 18.8 Å². The molecule has 0 unspecified atom stereocenters. The van der Waals surface area contributed by atoms with Gasteiger partial charge in [-0.15, -0.1) is 0 Å². The Labute approximate surface area is 139 Å². The minimum atomic E-state index is -0.495. The second kappa shape index (κ2) is 7.81. The lowest BCUT2D eigenvalue weighted by Gasteiger charge is -2.17. The fraction of sp³-hybridized carbons (Fsp3) is 0.412. The predicted octanol–water partition coefficient (Wildman–Crippen LogP) is 2.14. The van der Waals surface area contributed by atoms with Crippen molar-refractivity contribution in [2.75, 3.05) is 13.7 Å². The molecular formula is C17H21FN2O4. The van der Waals surface area contributed by atoms with Crippen LogP contribution in [-0.2, 0) is 23.0 Å². The smallest absolute Gasteiger partial charge is 0.306 e. The number of benzene rings is 1. The van der Waals surface area contributed by atoms with Crippen LogP contribution in [-0.4, -0.2) is 29.5 Å². The van der Waals surface area contributed by atoms with Crippen LogP contribution in [0.5, 0.6) is 5.75 Å². The highest BCUT2D eigenvalue weighted by atomic mass is 19.1. The molecule has 0 aliphatic rings. The van der Waals surface area contributed by atoms with Gasteiger partial charge in [-0.3, -0.25) is 19.4 Å². The van der Waals surface area contributed by atoms with E-state index in [1.807, 2.05) is 0 Å². The van der Waals surface area contributed by atoms with Gasteiger partial charge in [0.1, 0.15) is 0 Å². The Morgan fingerprint density at radius 1 is 1.38 bits per heavy atom. The summed E-state index contributed by atoms with van der Waals surface area (Å²) in [6.07, 6.45) is 0.483. The summed E-state index contributed by atoms with van der Waals surface area (Å²) in [6, 6.07) is 6.06. The molecule has 24 heavy (non-hydrogen) atoms. The average Bonchev–Trinajstić information content (AvgIpc) is 2.85. The minimum absolute atomic E-state index is 0.0938. The van der Waals surface area contributed by atoms with Crippen LogP contribution in [0.1, 0.15) is 30.5 Å². The van der Waals surface area contributed by atoms with E-state index in [-0.39, 0.29) is 36.2 Å². The largest absolute Gasteiger partial charge is 0.494 e. The second-order valence-corrected chi connectivity index (χ2v) is 5.48. The summed E-state index contributed by atoms with van der Waals surface area (Å²) in [5.74, 6) is -1.04. The van der Waals surface area contributed by atoms with E-state index < -0.39 is 5.82 Å². The first-order chi connectivity index (χ1) is 11.4. The van der Waals surface area contributed by atoms with Crippen molar-refractivity contribution in [1.82, 2.24) is 9.78 Å². The number of aryl methyl sites for hydroxylation is 1. The Morgan fingerprint density at radius 2 is 2.12 bits per heavy atom. The van der Waals surface area contributed by atoms with E-state index in [1.165, 1.54) is 30.0 Å². The highest BCUT2D eigenvalue weighted by Crippen LogP contribution is 2.28. The van der Waals surface area contributed by atoms with Crippen LogP contribution in [0.3, 0.4) is 0 Å². The molecule has 0 fully saturated rings. The van der Waals surface area contributed by atoms with E-state index in [1.54, 1.807) is 20.0 Å². The number of carbonyl (C=O) groups is 1. The summed E-state index contributed by atoms with van der Waals surface area (Å²) in [7, 11) is 3.00. The van der Waals surface area contributed by atoms with E-state index in [0.717, 1.165) is 0 Å². The minimum Gasteiger partial charge on any atom is -0.494 e. The third-order valence-electron chi connectivity index (χ3n) is 3.77. The molecule has 2 rings (SSSR count). The topological polar surface area (TPSA) is 73.3 Å². The van der Waals surface area contributed by atoms with E-state index in [0.29, 0.717) is 17.7 Å². The molecule has 1 N–H and O–H groups in total. The fourth-order valence-corrected chi connectivity index (χ4v) is 2.58. The number of esters is 1. The maximum Gasteiger partial charge on any atom is 0.306 e. The number of nitrogens with zero attached hydrogens (tertiary/aromatic N) is 1. The van der Waals surface area contributed by atoms with Crippen molar-refractivity contribution in [3.63, 3.8) is 0 Å². The first-order valence-corrected chi connectivity index (χ1v) is 7.68. The van der Waals surface area contributed by atoms with Crippen LogP contribution >= 0.6 is 0 Å². The number of halogens is 1. The number of nitrogens with one attached hydrogen (secondary N) is 1. The zero-order valence-electron chi connectivity index (χ0n) is 14.0. The lowest BCUT2D eigenvalue weighted by Crippen LogP contribution is -2.13. The molecule has 0 saturated heterocycles. The Morgan fingerprint density at radius 3 is 2.67 bits per heavy atom. The van der Waals surface area contributed by atoms with Crippen LogP contribution < -0.4 is 10.3 Å². The second-order valence-electron chi connectivity index (χ2n) is 5.48. The first kappa shape index (κ1) is 17.8. The van der Waals surface area contributed by atoms with Crippen LogP contribution in [0, 0.1) is 5.82 Å². The molecule has 1 atom stereocenters. The normalized spacial score (nSPS) is 12.0. The number of methoxy groups -OCH3 is 1. The average molecular weight is 336 g/mol. The maximum atomic E-state index is 14.0. The lowest BCUT2D eigenvalue weighted by molar-refractivity contribution is -0.143. The summed E-state index contributed by atoms with van der Waals surface area (Å²) >= 11 is 0. The molecule has 0 radical (unpaired) electrons. The van der Waals surface area contributed by atoms with Gasteiger partial charge in [-0.05, 0) is 37.0 Å². The zero-order chi connectivity index (χ0) is 17.7. The molecule has 7 heteroatoms. The van der Waals surface area contributed by atoms with Crippen molar-refractivity contribution in [1.29, 1.82) is 0 Å². The third-order valence-corrected chi connectivity index (χ3v) is 3.77. The van der Waals surface area contributed by atoms with E-state index >= 15 is 0 Å². The van der Waals surface area contributed by atoms with Crippen LogP contribution in [0.15, 0.2) is 29.1 Å². The summed E-state index contributed by atoms with van der Waals surface area (Å²) in [5, 5.41) is 2.92. The molecule has 0 spiro atoms. The molecule has 0 amide bonds. The van der Waals surface area contributed by atoms with Gasteiger partial charge in [0.2, 0.25) is 0 Å². The van der Waals surface area contributed by atoms with Crippen LogP contribution in [0.2, 0.25) is 0 Å². The van der Waals surface area contributed by atoms with Crippen LogP contribution in [0.4, 0.5) is 4.39 Å². The molecule has 0 aliphatic carbocycles. The van der Waals surface area contributed by atoms with E-state index in [2.05, 4.69) is 5.10 Å². The first-order valence-electron chi connectivity index (χ1n) is 7.68. The molecular weight excluding hydrogens is 315 g/mol. The number of rotatable bonds is 7. The molecule has 1 heterocycles. The van der Waals surface area contributed by atoms with E-state index in [9.17, 15) is 14.0 Å². The van der Waals surface area contributed by atoms with Gasteiger partial charge < -0.3 is 9.47 Å². The Kier molecular flexibility index (Phi) is 5.78. The summed E-state index contributed by atoms with van der Waals surface area (Å²) in [6.45, 7) is 2.01. The number of hydrogen-bond donors (Lipinski definition) is 1. The summed E-state index contributed by atoms with van der Waals surface area (Å²) in [5.41, 5.74) is 1.15. The molecule has 0 aliphatic heterocycles. The molecule has 6 nitrogen and oxygen atoms in total. The monoisotopic (exact) mass is 336 g/mol. The third kappa shape index (κ3) is 4.24. The zero-order valence-corrected chi connectivity index (χ0v) is 14.0. The number of aromatic nitrogens is 2. The van der Waals surface area contributed by atoms with Crippen molar-refractivity contribution in [2.24, 2.45) is 7.05 Å². The lowest BCUT2D eigenvalue weighted by atomic mass is 9.91. The molecule has 1 aromatic heterocycles. The fourth-order valence-electron chi connectivity index (χ4n) is 2.58. The quantitative estimate of drug-likeness (QED) is 0.786. The van der Waals surface area contributed by atoms with Gasteiger partial charge in [-0.25, -0.2) is 4.39 Å². The Bertz CT molecular complexity index is 766. The predicted molar refractivity (Wildman–Crippen MR) is 86.7 cm³/mol. The van der Waals surface area contributed by atoms with Gasteiger partial charge in [-0.2, -0.15) is 0 Å². The Hall–Kier alpha value is -2.57. The van der Waals surface area contributed by atoms with Crippen molar-refractivity contribution >= 4 is 5.97 Å². The van der Waals surface area contributed by atoms with Gasteiger partial charge in [0.15, 0.2) is 11.6 Å². The molecule has 130 valence electrons. The highest BCUT2D eigenvalue weighted by Gasteiger charge is 2.20. The summed E-state index contributed by atoms with van der Waals surface area (Å²) < 4.78 is 25.3. The molecule has 0 saturated carbocycles. The van der Waals surface area contributed by atoms with Gasteiger partial charge in [-0.1, -0.05) is 6.07 Å². The van der Waals surface area contributed by atoms with Crippen molar-refractivity contribution in [2.45, 2.75) is 25.7 Å². The number of aromatic amines is 1. The highest BCUT2D eigenvalue weighted by molar-refractivity contribution is 5.70. The number of carbonyl (C=O) groups excluding carboxylic acids is 1. The number of H-pyrrole nitrogens is 1. The standard InChI is InChI=1S/C17H21FN2O4/c1-4-24-17(22)9-12(7-13-10-16(21)20(2)19-13)11-5-6-15(23-3)14(18)8-11/h5-6,8,10,12,19H,4,7,9H2,1-3H3/t12-/m0/s1. The molecule has 0 bridgehead atoms. The van der Waals surface area contributed by atoms with E-state index in [4.69, 9.17) is 9.47 Å². The SMILES string of the molecule is CCOC(=O)C[C@H](Cc1cc(=O)n(C)[nH]1)c1ccc(OC)c(F)c1. The van der Waals surface area contributed by atoms with Crippen molar-refractivity contribution in [3.8, 4) is 5.75 Å². The van der Waals surface area contributed by atoms with Crippen LogP contribution in [0.25, 0.3) is 0 Å². The Balaban J connectivity index is 2.29. The molecule has 2 aromatic rings. The van der Waals surface area contributed by atoms with Crippen molar-refractivity contribution in [3.05, 3.63) is 51.7 Å². The van der Waals surface area contributed by atoms with Gasteiger partial charge >= 0.3 is 5.97 Å². The maximum absolute atomic E-state index is 14.0. The number of ether oxygens (including phenoxy) is 2. The van der Waals surface area contributed by atoms with Gasteiger partial charge in [0.05, 0.1) is 20.1 Å². The molecule has 1 aromatic carbocycles. The number of hydrogen-bond acceptors (Lipinski definition) is 4. The van der Waals surface area contributed by atoms with Crippen molar-refractivity contribution < 1.29 is 18.7 Å². The van der Waals surface area contributed by atoms with Gasteiger partial charge in [0.25, 0.3) is 5.56 Å². The summed E-state index contributed by atoms with van der Waals surface area (Å²) in [4.78, 5) is 23.5.